The molecule has 2 atom stereocenters. The number of ether oxygens (including phenoxy) is 1. The number of hydrogen-bond acceptors (Lipinski definition) is 3. The molecule has 1 saturated carbocycles. The van der Waals surface area contributed by atoms with E-state index in [0.717, 1.165) is 19.2 Å². The van der Waals surface area contributed by atoms with Crippen LogP contribution in [0.4, 0.5) is 0 Å². The first kappa shape index (κ1) is 12.2. The van der Waals surface area contributed by atoms with E-state index in [0.29, 0.717) is 5.92 Å². The molecule has 1 aliphatic heterocycles. The van der Waals surface area contributed by atoms with Crippen LogP contribution in [0, 0.1) is 12.8 Å². The van der Waals surface area contributed by atoms with Crippen LogP contribution in [-0.4, -0.2) is 29.0 Å². The van der Waals surface area contributed by atoms with Crippen LogP contribution < -0.4 is 5.32 Å². The number of aryl methyl sites for hydroxylation is 1. The van der Waals surface area contributed by atoms with Gasteiger partial charge in [0.1, 0.15) is 0 Å². The van der Waals surface area contributed by atoms with Crippen LogP contribution in [0.1, 0.15) is 43.0 Å². The van der Waals surface area contributed by atoms with Crippen LogP contribution in [0.15, 0.2) is 6.20 Å². The zero-order chi connectivity index (χ0) is 12.5. The van der Waals surface area contributed by atoms with Crippen molar-refractivity contribution in [2.24, 2.45) is 13.0 Å². The molecule has 2 aliphatic rings. The van der Waals surface area contributed by atoms with Crippen molar-refractivity contribution in [1.82, 2.24) is 15.1 Å². The number of aromatic nitrogens is 2. The molecule has 18 heavy (non-hydrogen) atoms. The monoisotopic (exact) mass is 249 g/mol. The van der Waals surface area contributed by atoms with E-state index in [1.807, 2.05) is 17.9 Å². The van der Waals surface area contributed by atoms with Crippen LogP contribution in [0.3, 0.4) is 0 Å². The van der Waals surface area contributed by atoms with Crippen LogP contribution in [-0.2, 0) is 11.8 Å². The molecule has 0 radical (unpaired) electrons. The van der Waals surface area contributed by atoms with Crippen LogP contribution in [0.2, 0.25) is 0 Å². The summed E-state index contributed by atoms with van der Waals surface area (Å²) in [5, 5.41) is 7.99. The lowest BCUT2D eigenvalue weighted by atomic mass is 9.89. The largest absolute Gasteiger partial charge is 0.373 e. The highest BCUT2D eigenvalue weighted by atomic mass is 16.5. The van der Waals surface area contributed by atoms with E-state index >= 15 is 0 Å². The lowest BCUT2D eigenvalue weighted by Gasteiger charge is -2.32. The van der Waals surface area contributed by atoms with Crippen molar-refractivity contribution in [3.63, 3.8) is 0 Å². The Hall–Kier alpha value is -0.870. The summed E-state index contributed by atoms with van der Waals surface area (Å²) in [5.41, 5.74) is 2.51. The Kier molecular flexibility index (Phi) is 3.39. The van der Waals surface area contributed by atoms with E-state index < -0.39 is 0 Å². The first-order valence-corrected chi connectivity index (χ1v) is 7.09. The van der Waals surface area contributed by atoms with Gasteiger partial charge in [-0.2, -0.15) is 5.10 Å². The number of hydrogen-bond donors (Lipinski definition) is 1. The average Bonchev–Trinajstić information content (AvgIpc) is 3.16. The average molecular weight is 249 g/mol. The highest BCUT2D eigenvalue weighted by molar-refractivity contribution is 5.20. The molecule has 2 fully saturated rings. The van der Waals surface area contributed by atoms with Crippen LogP contribution >= 0.6 is 0 Å². The molecular formula is C14H23N3O. The topological polar surface area (TPSA) is 39.1 Å². The molecule has 2 unspecified atom stereocenters. The van der Waals surface area contributed by atoms with Crippen molar-refractivity contribution in [3.8, 4) is 0 Å². The fourth-order valence-electron chi connectivity index (χ4n) is 2.80. The first-order chi connectivity index (χ1) is 8.75. The summed E-state index contributed by atoms with van der Waals surface area (Å²) < 4.78 is 7.97. The Morgan fingerprint density at radius 2 is 2.28 bits per heavy atom. The Labute approximate surface area is 109 Å². The summed E-state index contributed by atoms with van der Waals surface area (Å²) in [7, 11) is 2.00. The van der Waals surface area contributed by atoms with Gasteiger partial charge >= 0.3 is 0 Å². The Morgan fingerprint density at radius 3 is 2.94 bits per heavy atom. The second-order valence-electron chi connectivity index (χ2n) is 5.69. The molecule has 1 saturated heterocycles. The lowest BCUT2D eigenvalue weighted by molar-refractivity contribution is -0.0282. The summed E-state index contributed by atoms with van der Waals surface area (Å²) in [6, 6.07) is 0.780. The Bertz CT molecular complexity index is 411. The molecule has 1 N–H and O–H groups in total. The maximum Gasteiger partial charge on any atom is 0.0898 e. The summed E-state index contributed by atoms with van der Waals surface area (Å²) in [5.74, 6) is 0.599. The highest BCUT2D eigenvalue weighted by Gasteiger charge is 2.31. The van der Waals surface area contributed by atoms with E-state index in [2.05, 4.69) is 17.3 Å². The molecule has 2 heterocycles. The first-order valence-electron chi connectivity index (χ1n) is 7.09. The number of nitrogens with zero attached hydrogens (tertiary/aromatic N) is 2. The lowest BCUT2D eigenvalue weighted by Crippen LogP contribution is -2.33. The number of nitrogens with one attached hydrogen (secondary N) is 1. The van der Waals surface area contributed by atoms with Gasteiger partial charge in [-0.25, -0.2) is 0 Å². The molecule has 0 aromatic carbocycles. The predicted octanol–water partition coefficient (Wildman–Crippen LogP) is 1.95. The third kappa shape index (κ3) is 2.45. The van der Waals surface area contributed by atoms with Gasteiger partial charge in [-0.1, -0.05) is 0 Å². The smallest absolute Gasteiger partial charge is 0.0898 e. The van der Waals surface area contributed by atoms with Crippen molar-refractivity contribution < 1.29 is 4.74 Å². The van der Waals surface area contributed by atoms with Gasteiger partial charge < -0.3 is 10.1 Å². The SMILES string of the molecule is Cc1c(C2OCCCC2CNC2CC2)cnn1C. The molecule has 0 spiro atoms. The molecule has 1 aromatic rings. The molecule has 4 heteroatoms. The molecule has 3 rings (SSSR count). The second kappa shape index (κ2) is 5.02. The minimum absolute atomic E-state index is 0.235. The fourth-order valence-corrected chi connectivity index (χ4v) is 2.80. The van der Waals surface area contributed by atoms with Gasteiger partial charge in [0, 0.05) is 43.4 Å². The zero-order valence-corrected chi connectivity index (χ0v) is 11.4. The molecule has 0 amide bonds. The van der Waals surface area contributed by atoms with E-state index in [-0.39, 0.29) is 6.10 Å². The quantitative estimate of drug-likeness (QED) is 0.886. The van der Waals surface area contributed by atoms with Gasteiger partial charge in [-0.3, -0.25) is 4.68 Å². The van der Waals surface area contributed by atoms with Gasteiger partial charge in [0.05, 0.1) is 12.3 Å². The third-order valence-corrected chi connectivity index (χ3v) is 4.27. The summed E-state index contributed by atoms with van der Waals surface area (Å²) in [4.78, 5) is 0. The van der Waals surface area contributed by atoms with Crippen molar-refractivity contribution in [1.29, 1.82) is 0 Å². The van der Waals surface area contributed by atoms with E-state index in [1.54, 1.807) is 0 Å². The minimum Gasteiger partial charge on any atom is -0.373 e. The maximum absolute atomic E-state index is 6.03. The minimum atomic E-state index is 0.235. The number of rotatable bonds is 4. The van der Waals surface area contributed by atoms with E-state index in [1.165, 1.54) is 36.9 Å². The van der Waals surface area contributed by atoms with E-state index in [9.17, 15) is 0 Å². The molecular weight excluding hydrogens is 226 g/mol. The van der Waals surface area contributed by atoms with Crippen molar-refractivity contribution in [3.05, 3.63) is 17.5 Å². The normalized spacial score (nSPS) is 28.6. The zero-order valence-electron chi connectivity index (χ0n) is 11.4. The van der Waals surface area contributed by atoms with Gasteiger partial charge in [-0.05, 0) is 32.6 Å². The third-order valence-electron chi connectivity index (χ3n) is 4.27. The van der Waals surface area contributed by atoms with Crippen LogP contribution in [0.25, 0.3) is 0 Å². The molecule has 100 valence electrons. The maximum atomic E-state index is 6.03. The standard InChI is InChI=1S/C14H23N3O/c1-10-13(9-16-17(10)2)14-11(4-3-7-18-14)8-15-12-5-6-12/h9,11-12,14-15H,3-8H2,1-2H3. The van der Waals surface area contributed by atoms with Crippen molar-refractivity contribution >= 4 is 0 Å². The fraction of sp³-hybridized carbons (Fsp3) is 0.786. The molecule has 0 bridgehead atoms. The van der Waals surface area contributed by atoms with Crippen molar-refractivity contribution in [2.45, 2.75) is 44.8 Å². The second-order valence-corrected chi connectivity index (χ2v) is 5.69. The summed E-state index contributed by atoms with van der Waals surface area (Å²) in [6.07, 6.45) is 7.37. The molecule has 4 nitrogen and oxygen atoms in total. The molecule has 1 aromatic heterocycles. The highest BCUT2D eigenvalue weighted by Crippen LogP contribution is 2.35. The Morgan fingerprint density at radius 1 is 1.44 bits per heavy atom. The van der Waals surface area contributed by atoms with E-state index in [4.69, 9.17) is 4.74 Å². The van der Waals surface area contributed by atoms with Gasteiger partial charge in [-0.15, -0.1) is 0 Å². The summed E-state index contributed by atoms with van der Waals surface area (Å²) in [6.45, 7) is 4.11. The molecule has 1 aliphatic carbocycles. The van der Waals surface area contributed by atoms with Crippen molar-refractivity contribution in [2.75, 3.05) is 13.2 Å². The Balaban J connectivity index is 1.71. The van der Waals surface area contributed by atoms with Crippen LogP contribution in [0.5, 0.6) is 0 Å². The van der Waals surface area contributed by atoms with Gasteiger partial charge in [0.2, 0.25) is 0 Å². The predicted molar refractivity (Wildman–Crippen MR) is 70.4 cm³/mol. The summed E-state index contributed by atoms with van der Waals surface area (Å²) >= 11 is 0. The van der Waals surface area contributed by atoms with Gasteiger partial charge in [0.25, 0.3) is 0 Å². The van der Waals surface area contributed by atoms with Gasteiger partial charge in [0.15, 0.2) is 0 Å².